The third-order valence-electron chi connectivity index (χ3n) is 2.74. The van der Waals surface area contributed by atoms with E-state index in [1.807, 2.05) is 54.6 Å². The van der Waals surface area contributed by atoms with Crippen molar-refractivity contribution in [2.45, 2.75) is 6.54 Å². The van der Waals surface area contributed by atoms with Crippen LogP contribution < -0.4 is 15.4 Å². The summed E-state index contributed by atoms with van der Waals surface area (Å²) in [6.45, 7) is 4.94. The molecular weight excluding hydrogens is 280 g/mol. The van der Waals surface area contributed by atoms with E-state index in [4.69, 9.17) is 17.0 Å². The molecule has 0 saturated carbocycles. The number of nitrogens with one attached hydrogen (secondary N) is 2. The minimum Gasteiger partial charge on any atom is -0.457 e. The Kier molecular flexibility index (Phi) is 5.79. The molecule has 3 nitrogen and oxygen atoms in total. The van der Waals surface area contributed by atoms with E-state index in [0.717, 1.165) is 17.1 Å². The average molecular weight is 298 g/mol. The van der Waals surface area contributed by atoms with Gasteiger partial charge in [-0.25, -0.2) is 0 Å². The van der Waals surface area contributed by atoms with Crippen LogP contribution in [0.15, 0.2) is 67.3 Å². The van der Waals surface area contributed by atoms with Crippen LogP contribution >= 0.6 is 12.2 Å². The van der Waals surface area contributed by atoms with Gasteiger partial charge < -0.3 is 15.4 Å². The molecule has 0 amide bonds. The van der Waals surface area contributed by atoms with Crippen molar-refractivity contribution in [2.75, 3.05) is 6.54 Å². The van der Waals surface area contributed by atoms with E-state index in [1.165, 1.54) is 0 Å². The summed E-state index contributed by atoms with van der Waals surface area (Å²) in [6, 6.07) is 17.6. The molecule has 0 spiro atoms. The minimum atomic E-state index is 0.615. The van der Waals surface area contributed by atoms with Crippen molar-refractivity contribution in [3.63, 3.8) is 0 Å². The van der Waals surface area contributed by atoms with Crippen LogP contribution in [0.1, 0.15) is 5.56 Å². The number of rotatable bonds is 6. The van der Waals surface area contributed by atoms with Gasteiger partial charge in [0.15, 0.2) is 5.11 Å². The maximum atomic E-state index is 5.80. The van der Waals surface area contributed by atoms with E-state index in [-0.39, 0.29) is 0 Å². The van der Waals surface area contributed by atoms with Crippen molar-refractivity contribution in [2.24, 2.45) is 0 Å². The first-order valence-corrected chi connectivity index (χ1v) is 7.13. The first kappa shape index (κ1) is 15.1. The number of ether oxygens (including phenoxy) is 1. The van der Waals surface area contributed by atoms with Crippen molar-refractivity contribution >= 4 is 17.3 Å². The monoisotopic (exact) mass is 298 g/mol. The van der Waals surface area contributed by atoms with Crippen molar-refractivity contribution in [1.82, 2.24) is 10.6 Å². The maximum Gasteiger partial charge on any atom is 0.166 e. The fourth-order valence-corrected chi connectivity index (χ4v) is 1.91. The average Bonchev–Trinajstić information content (AvgIpc) is 2.52. The molecule has 0 aliphatic rings. The normalized spacial score (nSPS) is 9.71. The van der Waals surface area contributed by atoms with Gasteiger partial charge in [-0.2, -0.15) is 0 Å². The lowest BCUT2D eigenvalue weighted by Gasteiger charge is -2.10. The van der Waals surface area contributed by atoms with Crippen LogP contribution in [0.5, 0.6) is 11.5 Å². The summed E-state index contributed by atoms with van der Waals surface area (Å²) in [7, 11) is 0. The first-order chi connectivity index (χ1) is 10.3. The largest absolute Gasteiger partial charge is 0.457 e. The van der Waals surface area contributed by atoms with E-state index in [2.05, 4.69) is 17.2 Å². The summed E-state index contributed by atoms with van der Waals surface area (Å²) in [5.41, 5.74) is 1.10. The first-order valence-electron chi connectivity index (χ1n) is 6.72. The second kappa shape index (κ2) is 8.07. The highest BCUT2D eigenvalue weighted by molar-refractivity contribution is 7.80. The van der Waals surface area contributed by atoms with Gasteiger partial charge in [-0.1, -0.05) is 36.4 Å². The molecule has 0 atom stereocenters. The zero-order chi connectivity index (χ0) is 14.9. The second-order valence-electron chi connectivity index (χ2n) is 4.41. The molecule has 0 radical (unpaired) electrons. The van der Waals surface area contributed by atoms with Gasteiger partial charge in [-0.3, -0.25) is 0 Å². The molecule has 2 N–H and O–H groups in total. The molecular formula is C17H18N2OS. The van der Waals surface area contributed by atoms with Crippen molar-refractivity contribution < 1.29 is 4.74 Å². The van der Waals surface area contributed by atoms with Crippen molar-refractivity contribution in [3.8, 4) is 11.5 Å². The van der Waals surface area contributed by atoms with Gasteiger partial charge in [0.2, 0.25) is 0 Å². The van der Waals surface area contributed by atoms with E-state index in [9.17, 15) is 0 Å². The Morgan fingerprint density at radius 2 is 1.81 bits per heavy atom. The van der Waals surface area contributed by atoms with Gasteiger partial charge in [0.25, 0.3) is 0 Å². The van der Waals surface area contributed by atoms with Gasteiger partial charge in [0.1, 0.15) is 11.5 Å². The molecule has 2 aromatic rings. The number of benzene rings is 2. The van der Waals surface area contributed by atoms with E-state index < -0.39 is 0 Å². The van der Waals surface area contributed by atoms with E-state index in [1.54, 1.807) is 6.08 Å². The standard InChI is InChI=1S/C17H18N2OS/c1-2-11-18-17(21)19-13-14-7-6-10-16(12-14)20-15-8-4-3-5-9-15/h2-10,12H,1,11,13H2,(H2,18,19,21). The Morgan fingerprint density at radius 1 is 1.05 bits per heavy atom. The molecule has 0 saturated heterocycles. The maximum absolute atomic E-state index is 5.80. The van der Waals surface area contributed by atoms with Crippen molar-refractivity contribution in [3.05, 3.63) is 72.8 Å². The van der Waals surface area contributed by atoms with Crippen LogP contribution in [0, 0.1) is 0 Å². The number of hydrogen-bond acceptors (Lipinski definition) is 2. The van der Waals surface area contributed by atoms with Crippen LogP contribution in [-0.4, -0.2) is 11.7 Å². The van der Waals surface area contributed by atoms with Crippen LogP contribution in [0.4, 0.5) is 0 Å². The Balaban J connectivity index is 1.92. The highest BCUT2D eigenvalue weighted by atomic mass is 32.1. The van der Waals surface area contributed by atoms with Crippen LogP contribution in [0.3, 0.4) is 0 Å². The van der Waals surface area contributed by atoms with Gasteiger partial charge >= 0.3 is 0 Å². The summed E-state index contributed by atoms with van der Waals surface area (Å²) in [4.78, 5) is 0. The second-order valence-corrected chi connectivity index (χ2v) is 4.82. The van der Waals surface area contributed by atoms with Crippen LogP contribution in [0.2, 0.25) is 0 Å². The highest BCUT2D eigenvalue weighted by Crippen LogP contribution is 2.21. The Labute approximate surface area is 130 Å². The molecule has 108 valence electrons. The zero-order valence-electron chi connectivity index (χ0n) is 11.7. The molecule has 0 aromatic heterocycles. The molecule has 0 aliphatic carbocycles. The fourth-order valence-electron chi connectivity index (χ4n) is 1.75. The lowest BCUT2D eigenvalue weighted by Crippen LogP contribution is -2.34. The van der Waals surface area contributed by atoms with Crippen LogP contribution in [0.25, 0.3) is 0 Å². The van der Waals surface area contributed by atoms with Crippen molar-refractivity contribution in [1.29, 1.82) is 0 Å². The van der Waals surface area contributed by atoms with Gasteiger partial charge in [-0.15, -0.1) is 6.58 Å². The van der Waals surface area contributed by atoms with Crippen LogP contribution in [-0.2, 0) is 6.54 Å². The highest BCUT2D eigenvalue weighted by Gasteiger charge is 2.00. The molecule has 0 fully saturated rings. The quantitative estimate of drug-likeness (QED) is 0.630. The molecule has 2 aromatic carbocycles. The molecule has 0 unspecified atom stereocenters. The van der Waals surface area contributed by atoms with Gasteiger partial charge in [0.05, 0.1) is 0 Å². The number of para-hydroxylation sites is 1. The lowest BCUT2D eigenvalue weighted by atomic mass is 10.2. The van der Waals surface area contributed by atoms with E-state index in [0.29, 0.717) is 18.2 Å². The molecule has 0 bridgehead atoms. The summed E-state index contributed by atoms with van der Waals surface area (Å²) >= 11 is 5.16. The molecule has 4 heteroatoms. The third-order valence-corrected chi connectivity index (χ3v) is 3.03. The Hall–Kier alpha value is -2.33. The number of hydrogen-bond donors (Lipinski definition) is 2. The zero-order valence-corrected chi connectivity index (χ0v) is 12.5. The smallest absolute Gasteiger partial charge is 0.166 e. The summed E-state index contributed by atoms with van der Waals surface area (Å²) in [6.07, 6.45) is 1.77. The predicted molar refractivity (Wildman–Crippen MR) is 90.6 cm³/mol. The predicted octanol–water partition coefficient (Wildman–Crippen LogP) is 3.63. The molecule has 0 heterocycles. The molecule has 0 aliphatic heterocycles. The number of thiocarbonyl (C=S) groups is 1. The summed E-state index contributed by atoms with van der Waals surface area (Å²) in [5, 5.41) is 6.78. The lowest BCUT2D eigenvalue weighted by molar-refractivity contribution is 0.482. The molecule has 2 rings (SSSR count). The Morgan fingerprint density at radius 3 is 2.57 bits per heavy atom. The van der Waals surface area contributed by atoms with Gasteiger partial charge in [0, 0.05) is 13.1 Å². The SMILES string of the molecule is C=CCNC(=S)NCc1cccc(Oc2ccccc2)c1. The topological polar surface area (TPSA) is 33.3 Å². The molecule has 21 heavy (non-hydrogen) atoms. The third kappa shape index (κ3) is 5.28. The Bertz CT molecular complexity index is 599. The van der Waals surface area contributed by atoms with E-state index >= 15 is 0 Å². The van der Waals surface area contributed by atoms with Gasteiger partial charge in [-0.05, 0) is 42.0 Å². The minimum absolute atomic E-state index is 0.615. The summed E-state index contributed by atoms with van der Waals surface area (Å²) in [5.74, 6) is 1.64. The summed E-state index contributed by atoms with van der Waals surface area (Å²) < 4.78 is 5.80. The fraction of sp³-hybridized carbons (Fsp3) is 0.118.